The van der Waals surface area contributed by atoms with Gasteiger partial charge in [-0.15, -0.1) is 6.42 Å². The lowest BCUT2D eigenvalue weighted by molar-refractivity contribution is 0.0702. The van der Waals surface area contributed by atoms with Gasteiger partial charge in [0.1, 0.15) is 5.75 Å². The van der Waals surface area contributed by atoms with Crippen LogP contribution in [-0.2, 0) is 9.84 Å². The molecule has 0 aliphatic carbocycles. The number of hydrogen-bond acceptors (Lipinski definition) is 6. The van der Waals surface area contributed by atoms with E-state index >= 15 is 0 Å². The average Bonchev–Trinajstić information content (AvgIpc) is 2.96. The minimum atomic E-state index is -4.16. The smallest absolute Gasteiger partial charge is 0.277 e. The maximum atomic E-state index is 13.2. The van der Waals surface area contributed by atoms with E-state index in [0.29, 0.717) is 11.3 Å². The zero-order valence-corrected chi connectivity index (χ0v) is 22.0. The molecule has 0 aromatic heterocycles. The molecule has 1 amide bonds. The Morgan fingerprint density at radius 1 is 0.895 bits per heavy atom. The van der Waals surface area contributed by atoms with E-state index in [1.165, 1.54) is 54.9 Å². The van der Waals surface area contributed by atoms with E-state index in [4.69, 9.17) is 22.1 Å². The van der Waals surface area contributed by atoms with Gasteiger partial charge >= 0.3 is 0 Å². The molecular formula is C30H28N2O5S. The number of nitrogen functional groups attached to an aromatic ring is 1. The molecule has 0 aliphatic heterocycles. The number of sulfone groups is 1. The van der Waals surface area contributed by atoms with Gasteiger partial charge in [0.25, 0.3) is 5.91 Å². The summed E-state index contributed by atoms with van der Waals surface area (Å²) in [5.74, 6) is 1.74. The first-order valence-electron chi connectivity index (χ1n) is 11.5. The number of hydroxylamine groups is 1. The number of nitrogens with one attached hydrogen (secondary N) is 1. The van der Waals surface area contributed by atoms with Crippen molar-refractivity contribution in [3.8, 4) is 29.2 Å². The van der Waals surface area contributed by atoms with Gasteiger partial charge in [-0.2, -0.15) is 0 Å². The number of rotatable bonds is 5. The van der Waals surface area contributed by atoms with Crippen LogP contribution in [-0.4, -0.2) is 26.6 Å². The fourth-order valence-corrected chi connectivity index (χ4v) is 5.66. The SMILES string of the molecule is C#Cc1c(C)c(N)c(C)c(S(=O)(=O)c2ccc(OC)cc2)c1C(=O)NO.c1ccc(-c2ccccc2)cc1. The topological polar surface area (TPSA) is 119 Å². The number of methoxy groups -OCH3 is 1. The first-order valence-corrected chi connectivity index (χ1v) is 13.0. The number of amides is 1. The van der Waals surface area contributed by atoms with Crippen molar-refractivity contribution < 1.29 is 23.2 Å². The Morgan fingerprint density at radius 2 is 1.39 bits per heavy atom. The van der Waals surface area contributed by atoms with E-state index in [1.54, 1.807) is 6.92 Å². The summed E-state index contributed by atoms with van der Waals surface area (Å²) >= 11 is 0. The summed E-state index contributed by atoms with van der Waals surface area (Å²) in [4.78, 5) is 11.8. The normalized spacial score (nSPS) is 10.5. The van der Waals surface area contributed by atoms with Crippen LogP contribution in [0.25, 0.3) is 11.1 Å². The van der Waals surface area contributed by atoms with Crippen LogP contribution in [0.2, 0.25) is 0 Å². The van der Waals surface area contributed by atoms with E-state index in [1.807, 2.05) is 12.1 Å². The van der Waals surface area contributed by atoms with Crippen molar-refractivity contribution in [3.05, 3.63) is 107 Å². The maximum absolute atomic E-state index is 13.2. The predicted molar refractivity (Wildman–Crippen MR) is 148 cm³/mol. The highest BCUT2D eigenvalue weighted by Gasteiger charge is 2.31. The highest BCUT2D eigenvalue weighted by molar-refractivity contribution is 7.91. The molecular weight excluding hydrogens is 500 g/mol. The third-order valence-electron chi connectivity index (χ3n) is 5.99. The van der Waals surface area contributed by atoms with Gasteiger partial charge in [-0.05, 0) is 60.4 Å². The lowest BCUT2D eigenvalue weighted by atomic mass is 9.96. The van der Waals surface area contributed by atoms with Gasteiger partial charge in [-0.25, -0.2) is 13.9 Å². The molecule has 0 fully saturated rings. The molecule has 0 heterocycles. The van der Waals surface area contributed by atoms with Gasteiger partial charge in [0.05, 0.1) is 22.5 Å². The van der Waals surface area contributed by atoms with Crippen molar-refractivity contribution >= 4 is 21.4 Å². The van der Waals surface area contributed by atoms with Crippen molar-refractivity contribution in [3.63, 3.8) is 0 Å². The molecule has 8 heteroatoms. The number of benzene rings is 4. The predicted octanol–water partition coefficient (Wildman–Crippen LogP) is 5.18. The molecule has 0 spiro atoms. The van der Waals surface area contributed by atoms with Gasteiger partial charge in [-0.3, -0.25) is 10.0 Å². The van der Waals surface area contributed by atoms with Gasteiger partial charge in [0, 0.05) is 11.3 Å². The van der Waals surface area contributed by atoms with Gasteiger partial charge in [0.2, 0.25) is 9.84 Å². The monoisotopic (exact) mass is 528 g/mol. The molecule has 0 atom stereocenters. The number of ether oxygens (including phenoxy) is 1. The second kappa shape index (κ2) is 12.1. The van der Waals surface area contributed by atoms with E-state index in [2.05, 4.69) is 54.5 Å². The average molecular weight is 529 g/mol. The van der Waals surface area contributed by atoms with Crippen LogP contribution < -0.4 is 16.0 Å². The number of nitrogens with two attached hydrogens (primary N) is 1. The number of carbonyl (C=O) groups excluding carboxylic acids is 1. The van der Waals surface area contributed by atoms with E-state index in [9.17, 15) is 13.2 Å². The second-order valence-electron chi connectivity index (χ2n) is 8.24. The van der Waals surface area contributed by atoms with Crippen LogP contribution in [0.15, 0.2) is 94.7 Å². The molecule has 4 aromatic carbocycles. The van der Waals surface area contributed by atoms with E-state index in [-0.39, 0.29) is 32.2 Å². The van der Waals surface area contributed by atoms with Gasteiger partial charge in [-0.1, -0.05) is 66.6 Å². The van der Waals surface area contributed by atoms with Crippen molar-refractivity contribution in [2.75, 3.05) is 12.8 Å². The second-order valence-corrected chi connectivity index (χ2v) is 10.1. The first-order chi connectivity index (χ1) is 18.2. The third kappa shape index (κ3) is 5.70. The Bertz CT molecular complexity index is 1540. The fraction of sp³-hybridized carbons (Fsp3) is 0.100. The highest BCUT2D eigenvalue weighted by atomic mass is 32.2. The van der Waals surface area contributed by atoms with Crippen molar-refractivity contribution in [2.45, 2.75) is 23.6 Å². The van der Waals surface area contributed by atoms with Crippen LogP contribution in [0.3, 0.4) is 0 Å². The number of terminal acetylenes is 1. The summed E-state index contributed by atoms with van der Waals surface area (Å²) in [5.41, 5.74) is 10.4. The quantitative estimate of drug-likeness (QED) is 0.142. The van der Waals surface area contributed by atoms with Gasteiger partial charge < -0.3 is 10.5 Å². The fourth-order valence-electron chi connectivity index (χ4n) is 3.95. The van der Waals surface area contributed by atoms with Crippen molar-refractivity contribution in [1.29, 1.82) is 0 Å². The van der Waals surface area contributed by atoms with Crippen molar-refractivity contribution in [2.24, 2.45) is 0 Å². The number of hydrogen-bond donors (Lipinski definition) is 3. The molecule has 0 saturated heterocycles. The van der Waals surface area contributed by atoms with E-state index < -0.39 is 15.7 Å². The summed E-state index contributed by atoms with van der Waals surface area (Å²) in [6.45, 7) is 3.06. The van der Waals surface area contributed by atoms with Crippen molar-refractivity contribution in [1.82, 2.24) is 5.48 Å². The molecule has 7 nitrogen and oxygen atoms in total. The zero-order valence-electron chi connectivity index (χ0n) is 21.2. The first kappa shape index (κ1) is 28.0. The zero-order chi connectivity index (χ0) is 27.9. The number of carbonyl (C=O) groups is 1. The molecule has 0 radical (unpaired) electrons. The molecule has 194 valence electrons. The molecule has 4 aromatic rings. The van der Waals surface area contributed by atoms with Crippen LogP contribution in [0.5, 0.6) is 5.75 Å². The molecule has 0 saturated carbocycles. The van der Waals surface area contributed by atoms with Crippen LogP contribution >= 0.6 is 0 Å². The molecule has 38 heavy (non-hydrogen) atoms. The summed E-state index contributed by atoms with van der Waals surface area (Å²) in [5, 5.41) is 9.08. The number of anilines is 1. The largest absolute Gasteiger partial charge is 0.497 e. The summed E-state index contributed by atoms with van der Waals surface area (Å²) < 4.78 is 31.4. The lowest BCUT2D eigenvalue weighted by Crippen LogP contribution is -2.25. The third-order valence-corrected chi connectivity index (χ3v) is 7.93. The molecule has 4 N–H and O–H groups in total. The molecule has 4 rings (SSSR count). The molecule has 0 unspecified atom stereocenters. The Labute approximate surface area is 222 Å². The van der Waals surface area contributed by atoms with Crippen LogP contribution in [0.1, 0.15) is 27.0 Å². The summed E-state index contributed by atoms with van der Waals surface area (Å²) in [7, 11) is -2.70. The summed E-state index contributed by atoms with van der Waals surface area (Å²) in [6.07, 6.45) is 5.47. The van der Waals surface area contributed by atoms with Gasteiger partial charge in [0.15, 0.2) is 0 Å². The Morgan fingerprint density at radius 3 is 1.82 bits per heavy atom. The molecule has 0 aliphatic rings. The Balaban J connectivity index is 0.000000275. The minimum absolute atomic E-state index is 0.00624. The highest BCUT2D eigenvalue weighted by Crippen LogP contribution is 2.36. The molecule has 0 bridgehead atoms. The maximum Gasteiger partial charge on any atom is 0.277 e. The Kier molecular flexibility index (Phi) is 8.92. The lowest BCUT2D eigenvalue weighted by Gasteiger charge is -2.19. The van der Waals surface area contributed by atoms with Crippen LogP contribution in [0.4, 0.5) is 5.69 Å². The van der Waals surface area contributed by atoms with E-state index in [0.717, 1.165) is 0 Å². The standard InChI is InChI=1S/C18H18N2O5S.C12H10/c1-5-14-10(2)16(19)11(3)17(15(14)18(21)20-22)26(23,24)13-8-6-12(25-4)7-9-13;1-3-7-11(8-4-1)12-9-5-2-6-10-12/h1,6-9,22H,19H2,2-4H3,(H,20,21);1-10H. The minimum Gasteiger partial charge on any atom is -0.497 e. The van der Waals surface area contributed by atoms with Crippen LogP contribution in [0, 0.1) is 26.2 Å². The Hall–Kier alpha value is -4.58. The summed E-state index contributed by atoms with van der Waals surface area (Å²) in [6, 6.07) is 26.4.